The number of aromatic nitrogens is 2. The van der Waals surface area contributed by atoms with Crippen molar-refractivity contribution in [2.45, 2.75) is 25.4 Å². The van der Waals surface area contributed by atoms with Crippen molar-refractivity contribution < 1.29 is 27.8 Å². The van der Waals surface area contributed by atoms with Crippen LogP contribution in [-0.4, -0.2) is 51.7 Å². The van der Waals surface area contributed by atoms with E-state index in [2.05, 4.69) is 15.2 Å². The first-order valence-electron chi connectivity index (χ1n) is 12.4. The zero-order valence-corrected chi connectivity index (χ0v) is 20.5. The Kier molecular flexibility index (Phi) is 7.24. The first kappa shape index (κ1) is 25.6. The Bertz CT molecular complexity index is 1430. The molecule has 0 spiro atoms. The molecule has 7 nitrogen and oxygen atoms in total. The first-order chi connectivity index (χ1) is 18.3. The summed E-state index contributed by atoms with van der Waals surface area (Å²) in [7, 11) is 0. The van der Waals surface area contributed by atoms with Crippen molar-refractivity contribution in [3.63, 3.8) is 0 Å². The van der Waals surface area contributed by atoms with Crippen molar-refractivity contribution >= 4 is 22.9 Å². The van der Waals surface area contributed by atoms with Gasteiger partial charge in [-0.05, 0) is 80.5 Å². The van der Waals surface area contributed by atoms with E-state index in [1.807, 2.05) is 12.1 Å². The number of hydrogen-bond acceptors (Lipinski definition) is 5. The number of anilines is 1. The molecule has 10 heteroatoms. The van der Waals surface area contributed by atoms with Gasteiger partial charge in [0.2, 0.25) is 5.95 Å². The second-order valence-electron chi connectivity index (χ2n) is 9.22. The fourth-order valence-corrected chi connectivity index (χ4v) is 4.58. The molecule has 198 valence electrons. The zero-order valence-electron chi connectivity index (χ0n) is 20.5. The molecule has 0 atom stereocenters. The Morgan fingerprint density at radius 3 is 2.50 bits per heavy atom. The molecule has 1 aliphatic rings. The van der Waals surface area contributed by atoms with Gasteiger partial charge in [0.15, 0.2) is 0 Å². The van der Waals surface area contributed by atoms with Crippen LogP contribution in [0, 0.1) is 0 Å². The standard InChI is InChI=1S/C28H27F3N4O3/c29-28(30,31)20-6-4-5-19(17-20)26(37)33-27-32-24-18-23(38-16-15-34-13-2-1-3-14-34)11-12-25(24)35(27)21-7-9-22(36)10-8-21/h4-12,17-18,36H,1-3,13-16H2,(H,32,33,37). The number of phenols is 1. The van der Waals surface area contributed by atoms with Gasteiger partial charge in [-0.25, -0.2) is 4.98 Å². The Balaban J connectivity index is 1.43. The predicted octanol–water partition coefficient (Wildman–Crippen LogP) is 5.87. The molecule has 0 unspecified atom stereocenters. The number of phenolic OH excluding ortho intramolecular Hbond substituents is 1. The van der Waals surface area contributed by atoms with Crippen molar-refractivity contribution in [3.05, 3.63) is 77.9 Å². The third kappa shape index (κ3) is 5.75. The Morgan fingerprint density at radius 1 is 1.00 bits per heavy atom. The molecule has 0 bridgehead atoms. The molecule has 0 saturated carbocycles. The second-order valence-corrected chi connectivity index (χ2v) is 9.22. The molecule has 2 N–H and O–H groups in total. The van der Waals surface area contributed by atoms with Crippen molar-refractivity contribution in [2.75, 3.05) is 31.6 Å². The largest absolute Gasteiger partial charge is 0.508 e. The topological polar surface area (TPSA) is 79.6 Å². The van der Waals surface area contributed by atoms with E-state index < -0.39 is 17.6 Å². The van der Waals surface area contributed by atoms with Gasteiger partial charge in [-0.2, -0.15) is 13.2 Å². The lowest BCUT2D eigenvalue weighted by molar-refractivity contribution is -0.137. The number of carbonyl (C=O) groups is 1. The molecule has 4 aromatic rings. The molecule has 1 amide bonds. The summed E-state index contributed by atoms with van der Waals surface area (Å²) in [5.41, 5.74) is 0.726. The summed E-state index contributed by atoms with van der Waals surface area (Å²) in [6, 6.07) is 15.9. The molecule has 1 fully saturated rings. The summed E-state index contributed by atoms with van der Waals surface area (Å²) in [4.78, 5) is 19.9. The molecular formula is C28H27F3N4O3. The third-order valence-corrected chi connectivity index (χ3v) is 6.54. The number of likely N-dealkylation sites (tertiary alicyclic amines) is 1. The van der Waals surface area contributed by atoms with Crippen molar-refractivity contribution in [1.82, 2.24) is 14.5 Å². The molecule has 0 aliphatic carbocycles. The van der Waals surface area contributed by atoms with Crippen LogP contribution in [0.4, 0.5) is 19.1 Å². The number of fused-ring (bicyclic) bond motifs is 1. The van der Waals surface area contributed by atoms with Gasteiger partial charge in [-0.3, -0.25) is 19.6 Å². The van der Waals surface area contributed by atoms with E-state index in [0.29, 0.717) is 29.1 Å². The van der Waals surface area contributed by atoms with Gasteiger partial charge >= 0.3 is 6.18 Å². The summed E-state index contributed by atoms with van der Waals surface area (Å²) in [5, 5.41) is 12.4. The Morgan fingerprint density at radius 2 is 1.76 bits per heavy atom. The van der Waals surface area contributed by atoms with Crippen LogP contribution in [0.1, 0.15) is 35.2 Å². The van der Waals surface area contributed by atoms with Crippen LogP contribution in [0.3, 0.4) is 0 Å². The Hall–Kier alpha value is -4.05. The number of rotatable bonds is 7. The maximum Gasteiger partial charge on any atom is 0.416 e. The normalized spacial score (nSPS) is 14.5. The van der Waals surface area contributed by atoms with E-state index >= 15 is 0 Å². The number of halogens is 3. The number of alkyl halides is 3. The second kappa shape index (κ2) is 10.7. The van der Waals surface area contributed by atoms with Gasteiger partial charge in [0.25, 0.3) is 5.91 Å². The molecule has 38 heavy (non-hydrogen) atoms. The highest BCUT2D eigenvalue weighted by Crippen LogP contribution is 2.31. The number of aromatic hydroxyl groups is 1. The van der Waals surface area contributed by atoms with E-state index in [0.717, 1.165) is 31.8 Å². The number of carbonyl (C=O) groups excluding carboxylic acids is 1. The molecule has 3 aromatic carbocycles. The minimum Gasteiger partial charge on any atom is -0.508 e. The van der Waals surface area contributed by atoms with Crippen LogP contribution in [0.15, 0.2) is 66.7 Å². The lowest BCUT2D eigenvalue weighted by Crippen LogP contribution is -2.33. The average Bonchev–Trinajstić information content (AvgIpc) is 3.26. The highest BCUT2D eigenvalue weighted by Gasteiger charge is 2.31. The van der Waals surface area contributed by atoms with Crippen LogP contribution < -0.4 is 10.1 Å². The summed E-state index contributed by atoms with van der Waals surface area (Å²) >= 11 is 0. The van der Waals surface area contributed by atoms with Crippen molar-refractivity contribution in [3.8, 4) is 17.2 Å². The lowest BCUT2D eigenvalue weighted by atomic mass is 10.1. The van der Waals surface area contributed by atoms with Crippen molar-refractivity contribution in [2.24, 2.45) is 0 Å². The highest BCUT2D eigenvalue weighted by molar-refractivity contribution is 6.04. The fourth-order valence-electron chi connectivity index (χ4n) is 4.58. The van der Waals surface area contributed by atoms with Crippen LogP contribution in [-0.2, 0) is 6.18 Å². The predicted molar refractivity (Wildman–Crippen MR) is 138 cm³/mol. The number of imidazole rings is 1. The van der Waals surface area contributed by atoms with Crippen LogP contribution in [0.5, 0.6) is 11.5 Å². The minimum atomic E-state index is -4.57. The quantitative estimate of drug-likeness (QED) is 0.316. The van der Waals surface area contributed by atoms with Gasteiger partial charge < -0.3 is 9.84 Å². The minimum absolute atomic E-state index is 0.0668. The van der Waals surface area contributed by atoms with Crippen LogP contribution in [0.2, 0.25) is 0 Å². The molecule has 1 aromatic heterocycles. The number of amides is 1. The Labute approximate surface area is 217 Å². The fraction of sp³-hybridized carbons (Fsp3) is 0.286. The summed E-state index contributed by atoms with van der Waals surface area (Å²) in [6.45, 7) is 3.52. The van der Waals surface area contributed by atoms with Crippen LogP contribution >= 0.6 is 0 Å². The van der Waals surface area contributed by atoms with Gasteiger partial charge in [-0.1, -0.05) is 12.5 Å². The van der Waals surface area contributed by atoms with Crippen molar-refractivity contribution in [1.29, 1.82) is 0 Å². The first-order valence-corrected chi connectivity index (χ1v) is 12.4. The molecule has 5 rings (SSSR count). The van der Waals surface area contributed by atoms with E-state index in [9.17, 15) is 23.1 Å². The van der Waals surface area contributed by atoms with Gasteiger partial charge in [0.1, 0.15) is 18.1 Å². The smallest absolute Gasteiger partial charge is 0.416 e. The number of nitrogens with zero attached hydrogens (tertiary/aromatic N) is 3. The number of nitrogens with one attached hydrogen (secondary N) is 1. The maximum absolute atomic E-state index is 13.2. The zero-order chi connectivity index (χ0) is 26.7. The van der Waals surface area contributed by atoms with Gasteiger partial charge in [0.05, 0.1) is 16.6 Å². The van der Waals surface area contributed by atoms with Crippen LogP contribution in [0.25, 0.3) is 16.7 Å². The van der Waals surface area contributed by atoms with E-state index in [-0.39, 0.29) is 17.3 Å². The molecule has 0 radical (unpaired) electrons. The number of hydrogen-bond donors (Lipinski definition) is 2. The summed E-state index contributed by atoms with van der Waals surface area (Å²) < 4.78 is 47.1. The van der Waals surface area contributed by atoms with E-state index in [1.54, 1.807) is 22.8 Å². The summed E-state index contributed by atoms with van der Waals surface area (Å²) in [6.07, 6.45) is -0.893. The van der Waals surface area contributed by atoms with E-state index in [4.69, 9.17) is 4.74 Å². The van der Waals surface area contributed by atoms with E-state index in [1.165, 1.54) is 43.5 Å². The highest BCUT2D eigenvalue weighted by atomic mass is 19.4. The van der Waals surface area contributed by atoms with Gasteiger partial charge in [-0.15, -0.1) is 0 Å². The molecule has 2 heterocycles. The maximum atomic E-state index is 13.2. The molecule has 1 saturated heterocycles. The SMILES string of the molecule is O=C(Nc1nc2cc(OCCN3CCCCC3)ccc2n1-c1ccc(O)cc1)c1cccc(C(F)(F)F)c1. The molecule has 1 aliphatic heterocycles. The number of piperidine rings is 1. The van der Waals surface area contributed by atoms with Gasteiger partial charge in [0, 0.05) is 23.9 Å². The lowest BCUT2D eigenvalue weighted by Gasteiger charge is -2.26. The molecular weight excluding hydrogens is 497 g/mol. The average molecular weight is 525 g/mol. The summed E-state index contributed by atoms with van der Waals surface area (Å²) in [5.74, 6) is 0.0840. The number of ether oxygens (including phenoxy) is 1. The monoisotopic (exact) mass is 524 g/mol. The third-order valence-electron chi connectivity index (χ3n) is 6.54. The number of benzene rings is 3.